The van der Waals surface area contributed by atoms with Gasteiger partial charge in [0, 0.05) is 12.1 Å². The third-order valence-corrected chi connectivity index (χ3v) is 4.57. The van der Waals surface area contributed by atoms with Gasteiger partial charge in [0.2, 0.25) is 5.91 Å². The molecule has 2 aromatic rings. The number of anilines is 1. The van der Waals surface area contributed by atoms with Crippen molar-refractivity contribution in [3.05, 3.63) is 34.1 Å². The number of hydrogen-bond acceptors (Lipinski definition) is 4. The second-order valence-corrected chi connectivity index (χ2v) is 6.61. The molecule has 0 fully saturated rings. The van der Waals surface area contributed by atoms with Gasteiger partial charge in [-0.2, -0.15) is 0 Å². The van der Waals surface area contributed by atoms with Crippen LogP contribution in [0, 0.1) is 6.92 Å². The molecular weight excluding hydrogens is 331 g/mol. The van der Waals surface area contributed by atoms with Crippen LogP contribution in [0.2, 0.25) is 10.0 Å². The van der Waals surface area contributed by atoms with Crippen molar-refractivity contribution in [2.24, 2.45) is 7.05 Å². The van der Waals surface area contributed by atoms with Crippen LogP contribution in [0.15, 0.2) is 23.4 Å². The van der Waals surface area contributed by atoms with E-state index in [2.05, 4.69) is 15.5 Å². The number of nitrogens with one attached hydrogen (secondary N) is 1. The first kappa shape index (κ1) is 16.1. The van der Waals surface area contributed by atoms with E-state index in [-0.39, 0.29) is 11.2 Å². The highest BCUT2D eigenvalue weighted by atomic mass is 35.5. The normalized spacial score (nSPS) is 12.2. The largest absolute Gasteiger partial charge is 0.324 e. The molecule has 1 N–H and O–H groups in total. The number of hydrogen-bond donors (Lipinski definition) is 1. The zero-order chi connectivity index (χ0) is 15.6. The minimum absolute atomic E-state index is 0.162. The number of benzene rings is 1. The predicted molar refractivity (Wildman–Crippen MR) is 86.2 cm³/mol. The summed E-state index contributed by atoms with van der Waals surface area (Å²) in [5.74, 6) is 0.635. The number of thioether (sulfide) groups is 1. The van der Waals surface area contributed by atoms with E-state index in [0.717, 1.165) is 5.82 Å². The highest BCUT2D eigenvalue weighted by Gasteiger charge is 2.19. The van der Waals surface area contributed by atoms with Crippen LogP contribution in [-0.4, -0.2) is 25.9 Å². The number of amides is 1. The fourth-order valence-electron chi connectivity index (χ4n) is 1.53. The molecule has 1 aromatic carbocycles. The van der Waals surface area contributed by atoms with E-state index in [1.807, 2.05) is 18.5 Å². The molecule has 1 amide bonds. The first-order chi connectivity index (χ1) is 9.88. The lowest BCUT2D eigenvalue weighted by Gasteiger charge is -2.12. The number of carbonyl (C=O) groups excluding carboxylic acids is 1. The molecular formula is C13H14Cl2N4OS. The molecule has 0 bridgehead atoms. The summed E-state index contributed by atoms with van der Waals surface area (Å²) < 4.78 is 1.84. The maximum Gasteiger partial charge on any atom is 0.237 e. The number of rotatable bonds is 4. The van der Waals surface area contributed by atoms with Crippen LogP contribution in [0.3, 0.4) is 0 Å². The smallest absolute Gasteiger partial charge is 0.237 e. The van der Waals surface area contributed by atoms with E-state index in [4.69, 9.17) is 23.2 Å². The standard InChI is InChI=1S/C13H14Cl2N4OS/c1-7(21-13-18-17-8(2)19(13)3)12(20)16-11-5-4-9(14)6-10(11)15/h4-7H,1-3H3,(H,16,20)/t7-/m0/s1. The number of aromatic nitrogens is 3. The van der Waals surface area contributed by atoms with E-state index in [9.17, 15) is 4.79 Å². The molecule has 21 heavy (non-hydrogen) atoms. The van der Waals surface area contributed by atoms with Gasteiger partial charge < -0.3 is 9.88 Å². The van der Waals surface area contributed by atoms with Crippen molar-refractivity contribution in [2.75, 3.05) is 5.32 Å². The molecule has 1 heterocycles. The van der Waals surface area contributed by atoms with Crippen molar-refractivity contribution >= 4 is 46.6 Å². The molecule has 112 valence electrons. The number of halogens is 2. The first-order valence-corrected chi connectivity index (χ1v) is 7.80. The Morgan fingerprint density at radius 3 is 2.67 bits per heavy atom. The van der Waals surface area contributed by atoms with Gasteiger partial charge in [-0.1, -0.05) is 35.0 Å². The molecule has 5 nitrogen and oxygen atoms in total. The van der Waals surface area contributed by atoms with Crippen LogP contribution in [0.25, 0.3) is 0 Å². The number of aryl methyl sites for hydroxylation is 1. The molecule has 0 saturated carbocycles. The lowest BCUT2D eigenvalue weighted by atomic mass is 10.3. The van der Waals surface area contributed by atoms with Gasteiger partial charge in [-0.05, 0) is 32.0 Å². The lowest BCUT2D eigenvalue weighted by Crippen LogP contribution is -2.23. The van der Waals surface area contributed by atoms with Crippen LogP contribution >= 0.6 is 35.0 Å². The van der Waals surface area contributed by atoms with Crippen LogP contribution in [0.1, 0.15) is 12.7 Å². The molecule has 0 aliphatic carbocycles. The van der Waals surface area contributed by atoms with E-state index < -0.39 is 0 Å². The highest BCUT2D eigenvalue weighted by Crippen LogP contribution is 2.27. The fourth-order valence-corrected chi connectivity index (χ4v) is 2.84. The summed E-state index contributed by atoms with van der Waals surface area (Å²) in [6.45, 7) is 3.66. The second kappa shape index (κ2) is 6.68. The maximum absolute atomic E-state index is 12.2. The van der Waals surface area contributed by atoms with Gasteiger partial charge in [0.15, 0.2) is 5.16 Å². The van der Waals surface area contributed by atoms with Gasteiger partial charge in [-0.25, -0.2) is 0 Å². The SMILES string of the molecule is Cc1nnc(S[C@@H](C)C(=O)Nc2ccc(Cl)cc2Cl)n1C. The van der Waals surface area contributed by atoms with Crippen molar-refractivity contribution in [3.8, 4) is 0 Å². The molecule has 0 spiro atoms. The van der Waals surface area contributed by atoms with Crippen LogP contribution < -0.4 is 5.32 Å². The molecule has 1 aromatic heterocycles. The Bertz CT molecular complexity index is 674. The third-order valence-electron chi connectivity index (χ3n) is 2.89. The minimum atomic E-state index is -0.334. The maximum atomic E-state index is 12.2. The van der Waals surface area contributed by atoms with Crippen molar-refractivity contribution in [1.29, 1.82) is 0 Å². The van der Waals surface area contributed by atoms with Gasteiger partial charge >= 0.3 is 0 Å². The Hall–Kier alpha value is -1.24. The molecule has 0 aliphatic rings. The van der Waals surface area contributed by atoms with E-state index >= 15 is 0 Å². The van der Waals surface area contributed by atoms with Crippen molar-refractivity contribution in [2.45, 2.75) is 24.3 Å². The minimum Gasteiger partial charge on any atom is -0.324 e. The Labute approximate surface area is 137 Å². The first-order valence-electron chi connectivity index (χ1n) is 6.17. The van der Waals surface area contributed by atoms with Crippen LogP contribution in [0.5, 0.6) is 0 Å². The quantitative estimate of drug-likeness (QED) is 0.861. The molecule has 1 atom stereocenters. The molecule has 0 aliphatic heterocycles. The summed E-state index contributed by atoms with van der Waals surface area (Å²) in [7, 11) is 1.86. The van der Waals surface area contributed by atoms with Crippen molar-refractivity contribution in [1.82, 2.24) is 14.8 Å². The molecule has 0 unspecified atom stereocenters. The van der Waals surface area contributed by atoms with Gasteiger partial charge in [-0.15, -0.1) is 10.2 Å². The molecule has 0 radical (unpaired) electrons. The average Bonchev–Trinajstić information content (AvgIpc) is 2.73. The Morgan fingerprint density at radius 1 is 1.38 bits per heavy atom. The molecule has 2 rings (SSSR count). The summed E-state index contributed by atoms with van der Waals surface area (Å²) in [4.78, 5) is 12.2. The molecule has 0 saturated heterocycles. The Balaban J connectivity index is 2.04. The number of carbonyl (C=O) groups is 1. The van der Waals surface area contributed by atoms with Gasteiger partial charge in [0.25, 0.3) is 0 Å². The van der Waals surface area contributed by atoms with E-state index in [0.29, 0.717) is 20.9 Å². The average molecular weight is 345 g/mol. The van der Waals surface area contributed by atoms with E-state index in [1.54, 1.807) is 25.1 Å². The second-order valence-electron chi connectivity index (χ2n) is 4.46. The van der Waals surface area contributed by atoms with Crippen molar-refractivity contribution < 1.29 is 4.79 Å². The summed E-state index contributed by atoms with van der Waals surface area (Å²) in [5.41, 5.74) is 0.535. The Morgan fingerprint density at radius 2 is 2.10 bits per heavy atom. The third kappa shape index (κ3) is 3.90. The zero-order valence-corrected chi connectivity index (χ0v) is 14.1. The van der Waals surface area contributed by atoms with Gasteiger partial charge in [0.1, 0.15) is 5.82 Å². The topological polar surface area (TPSA) is 59.8 Å². The highest BCUT2D eigenvalue weighted by molar-refractivity contribution is 8.00. The van der Waals surface area contributed by atoms with E-state index in [1.165, 1.54) is 11.8 Å². The van der Waals surface area contributed by atoms with Crippen LogP contribution in [-0.2, 0) is 11.8 Å². The number of nitrogens with zero attached hydrogens (tertiary/aromatic N) is 3. The van der Waals surface area contributed by atoms with Crippen LogP contribution in [0.4, 0.5) is 5.69 Å². The summed E-state index contributed by atoms with van der Waals surface area (Å²) >= 11 is 13.2. The fraction of sp³-hybridized carbons (Fsp3) is 0.308. The summed E-state index contributed by atoms with van der Waals surface area (Å²) in [6, 6.07) is 4.93. The van der Waals surface area contributed by atoms with Gasteiger partial charge in [0.05, 0.1) is 16.0 Å². The Kier molecular flexibility index (Phi) is 5.13. The van der Waals surface area contributed by atoms with Crippen molar-refractivity contribution in [3.63, 3.8) is 0 Å². The predicted octanol–water partition coefficient (Wildman–Crippen LogP) is 3.55. The molecule has 8 heteroatoms. The monoisotopic (exact) mass is 344 g/mol. The summed E-state index contributed by atoms with van der Waals surface area (Å²) in [6.07, 6.45) is 0. The summed E-state index contributed by atoms with van der Waals surface area (Å²) in [5, 5.41) is 12.0. The van der Waals surface area contributed by atoms with Gasteiger partial charge in [-0.3, -0.25) is 4.79 Å². The lowest BCUT2D eigenvalue weighted by molar-refractivity contribution is -0.115. The zero-order valence-electron chi connectivity index (χ0n) is 11.7.